The first kappa shape index (κ1) is 8.47. The van der Waals surface area contributed by atoms with Crippen molar-refractivity contribution in [3.05, 3.63) is 0 Å². The third kappa shape index (κ3) is 2.54. The molecule has 1 aliphatic rings. The summed E-state index contributed by atoms with van der Waals surface area (Å²) in [6.07, 6.45) is 6.05. The molecule has 0 aromatic heterocycles. The van der Waals surface area contributed by atoms with Crippen LogP contribution in [0.3, 0.4) is 0 Å². The van der Waals surface area contributed by atoms with E-state index in [2.05, 4.69) is 6.26 Å². The zero-order valence-corrected chi connectivity index (χ0v) is 7.76. The van der Waals surface area contributed by atoms with Gasteiger partial charge in [0, 0.05) is 18.1 Å². The number of hydrogen-bond donors (Lipinski definition) is 0. The topological polar surface area (TPSA) is 17.1 Å². The summed E-state index contributed by atoms with van der Waals surface area (Å²) in [5.74, 6) is 0.456. The molecular formula is C7H12OS2. The van der Waals surface area contributed by atoms with E-state index >= 15 is 0 Å². The smallest absolute Gasteiger partial charge is 0.134 e. The lowest BCUT2D eigenvalue weighted by molar-refractivity contribution is -0.120. The summed E-state index contributed by atoms with van der Waals surface area (Å²) in [6, 6.07) is 0. The van der Waals surface area contributed by atoms with Crippen LogP contribution in [0.1, 0.15) is 25.7 Å². The molecule has 0 spiro atoms. The predicted octanol–water partition coefficient (Wildman–Crippen LogP) is 2.51. The number of carbonyl (C=O) groups excluding carboxylic acids is 1. The van der Waals surface area contributed by atoms with Gasteiger partial charge in [0.05, 0.1) is 0 Å². The second-order valence-electron chi connectivity index (χ2n) is 2.52. The Morgan fingerprint density at radius 1 is 1.60 bits per heavy atom. The van der Waals surface area contributed by atoms with Crippen molar-refractivity contribution < 1.29 is 4.79 Å². The Labute approximate surface area is 69.7 Å². The second-order valence-corrected chi connectivity index (χ2v) is 5.29. The van der Waals surface area contributed by atoms with E-state index in [1.807, 2.05) is 10.8 Å². The predicted molar refractivity (Wildman–Crippen MR) is 48.4 cm³/mol. The van der Waals surface area contributed by atoms with Crippen LogP contribution in [-0.4, -0.2) is 17.3 Å². The van der Waals surface area contributed by atoms with Crippen molar-refractivity contribution in [2.75, 3.05) is 6.26 Å². The molecule has 0 N–H and O–H groups in total. The maximum atomic E-state index is 10.9. The van der Waals surface area contributed by atoms with Crippen LogP contribution in [0.4, 0.5) is 0 Å². The minimum atomic E-state index is 0.456. The number of ketones is 1. The Morgan fingerprint density at radius 2 is 2.40 bits per heavy atom. The Morgan fingerprint density at radius 3 is 3.00 bits per heavy atom. The highest BCUT2D eigenvalue weighted by molar-refractivity contribution is 8.76. The van der Waals surface area contributed by atoms with Gasteiger partial charge in [0.2, 0.25) is 0 Å². The van der Waals surface area contributed by atoms with Gasteiger partial charge in [0.25, 0.3) is 0 Å². The number of carbonyl (C=O) groups is 1. The van der Waals surface area contributed by atoms with E-state index in [0.29, 0.717) is 11.0 Å². The monoisotopic (exact) mass is 176 g/mol. The lowest BCUT2D eigenvalue weighted by atomic mass is 9.99. The maximum absolute atomic E-state index is 10.9. The van der Waals surface area contributed by atoms with E-state index in [0.717, 1.165) is 19.3 Å². The molecule has 1 fully saturated rings. The first-order chi connectivity index (χ1) is 4.83. The highest BCUT2D eigenvalue weighted by Crippen LogP contribution is 2.32. The first-order valence-corrected chi connectivity index (χ1v) is 6.16. The Kier molecular flexibility index (Phi) is 3.63. The molecule has 3 heteroatoms. The molecule has 0 heterocycles. The van der Waals surface area contributed by atoms with Gasteiger partial charge in [0.15, 0.2) is 0 Å². The summed E-state index contributed by atoms with van der Waals surface area (Å²) in [5.41, 5.74) is 0. The van der Waals surface area contributed by atoms with Gasteiger partial charge in [-0.25, -0.2) is 0 Å². The van der Waals surface area contributed by atoms with Crippen LogP contribution in [0.15, 0.2) is 0 Å². The van der Waals surface area contributed by atoms with Gasteiger partial charge >= 0.3 is 0 Å². The van der Waals surface area contributed by atoms with Gasteiger partial charge in [0.1, 0.15) is 5.78 Å². The molecule has 0 aromatic carbocycles. The SMILES string of the molecule is CSSC1CCCC(=O)C1. The van der Waals surface area contributed by atoms with Crippen LogP contribution in [0.5, 0.6) is 0 Å². The number of rotatable bonds is 2. The Hall–Kier alpha value is 0.370. The maximum Gasteiger partial charge on any atom is 0.134 e. The minimum Gasteiger partial charge on any atom is -0.300 e. The summed E-state index contributed by atoms with van der Waals surface area (Å²) in [4.78, 5) is 10.9. The van der Waals surface area contributed by atoms with Gasteiger partial charge < -0.3 is 0 Å². The van der Waals surface area contributed by atoms with Crippen molar-refractivity contribution in [3.63, 3.8) is 0 Å². The fraction of sp³-hybridized carbons (Fsp3) is 0.857. The average Bonchev–Trinajstić information content (AvgIpc) is 1.88. The van der Waals surface area contributed by atoms with Crippen molar-refractivity contribution in [2.24, 2.45) is 0 Å². The number of hydrogen-bond acceptors (Lipinski definition) is 3. The lowest BCUT2D eigenvalue weighted by Gasteiger charge is -2.18. The van der Waals surface area contributed by atoms with Crippen molar-refractivity contribution in [1.29, 1.82) is 0 Å². The zero-order valence-electron chi connectivity index (χ0n) is 6.13. The fourth-order valence-corrected chi connectivity index (χ4v) is 3.30. The third-order valence-electron chi connectivity index (χ3n) is 1.67. The molecule has 1 aliphatic carbocycles. The second kappa shape index (κ2) is 4.29. The minimum absolute atomic E-state index is 0.456. The molecule has 1 nitrogen and oxygen atoms in total. The Bertz CT molecular complexity index is 123. The molecule has 1 saturated carbocycles. The summed E-state index contributed by atoms with van der Waals surface area (Å²) in [5, 5.41) is 0.608. The zero-order chi connectivity index (χ0) is 7.40. The van der Waals surface area contributed by atoms with Gasteiger partial charge in [-0.05, 0) is 19.1 Å². The highest BCUT2D eigenvalue weighted by Gasteiger charge is 2.18. The van der Waals surface area contributed by atoms with Crippen molar-refractivity contribution in [1.82, 2.24) is 0 Å². The molecule has 0 saturated heterocycles. The Balaban J connectivity index is 2.25. The lowest BCUT2D eigenvalue weighted by Crippen LogP contribution is -2.15. The molecule has 0 aromatic rings. The van der Waals surface area contributed by atoms with E-state index in [4.69, 9.17) is 0 Å². The fourth-order valence-electron chi connectivity index (χ4n) is 1.20. The van der Waals surface area contributed by atoms with Crippen LogP contribution in [0.2, 0.25) is 0 Å². The summed E-state index contributed by atoms with van der Waals surface area (Å²) in [6.45, 7) is 0. The van der Waals surface area contributed by atoms with E-state index in [1.54, 1.807) is 10.8 Å². The van der Waals surface area contributed by atoms with Crippen LogP contribution in [0, 0.1) is 0 Å². The molecule has 1 rings (SSSR count). The first-order valence-electron chi connectivity index (χ1n) is 3.54. The van der Waals surface area contributed by atoms with Crippen LogP contribution < -0.4 is 0 Å². The van der Waals surface area contributed by atoms with Crippen LogP contribution >= 0.6 is 21.6 Å². The molecule has 1 unspecified atom stereocenters. The van der Waals surface area contributed by atoms with E-state index in [1.165, 1.54) is 6.42 Å². The van der Waals surface area contributed by atoms with Gasteiger partial charge in [-0.15, -0.1) is 0 Å². The molecule has 0 aliphatic heterocycles. The molecule has 58 valence electrons. The molecular weight excluding hydrogens is 164 g/mol. The molecule has 0 amide bonds. The highest BCUT2D eigenvalue weighted by atomic mass is 33.1. The van der Waals surface area contributed by atoms with Crippen LogP contribution in [-0.2, 0) is 4.79 Å². The van der Waals surface area contributed by atoms with Crippen molar-refractivity contribution in [2.45, 2.75) is 30.9 Å². The van der Waals surface area contributed by atoms with Gasteiger partial charge in [-0.1, -0.05) is 21.6 Å². The van der Waals surface area contributed by atoms with Gasteiger partial charge in [-0.2, -0.15) is 0 Å². The summed E-state index contributed by atoms with van der Waals surface area (Å²) < 4.78 is 0. The molecule has 0 radical (unpaired) electrons. The standard InChI is InChI=1S/C7H12OS2/c1-9-10-7-4-2-3-6(8)5-7/h7H,2-5H2,1H3. The summed E-state index contributed by atoms with van der Waals surface area (Å²) in [7, 11) is 3.63. The van der Waals surface area contributed by atoms with E-state index < -0.39 is 0 Å². The molecule has 10 heavy (non-hydrogen) atoms. The van der Waals surface area contributed by atoms with E-state index in [9.17, 15) is 4.79 Å². The largest absolute Gasteiger partial charge is 0.300 e. The average molecular weight is 176 g/mol. The third-order valence-corrected chi connectivity index (χ3v) is 3.93. The molecule has 0 bridgehead atoms. The van der Waals surface area contributed by atoms with Crippen molar-refractivity contribution in [3.8, 4) is 0 Å². The van der Waals surface area contributed by atoms with Gasteiger partial charge in [-0.3, -0.25) is 4.79 Å². The van der Waals surface area contributed by atoms with Crippen LogP contribution in [0.25, 0.3) is 0 Å². The summed E-state index contributed by atoms with van der Waals surface area (Å²) >= 11 is 0. The normalized spacial score (nSPS) is 26.9. The number of Topliss-reactive ketones (excluding diaryl/α,β-unsaturated/α-hetero) is 1. The molecule has 1 atom stereocenters. The van der Waals surface area contributed by atoms with Crippen molar-refractivity contribution >= 4 is 27.4 Å². The van der Waals surface area contributed by atoms with E-state index in [-0.39, 0.29) is 0 Å². The quantitative estimate of drug-likeness (QED) is 0.602.